The van der Waals surface area contributed by atoms with Gasteiger partial charge in [-0.2, -0.15) is 0 Å². The molecular formula is C23H23ClFN5O3. The summed E-state index contributed by atoms with van der Waals surface area (Å²) in [5.74, 6) is 0.444. The van der Waals surface area contributed by atoms with E-state index in [1.807, 2.05) is 0 Å². The van der Waals surface area contributed by atoms with Gasteiger partial charge in [-0.15, -0.1) is 0 Å². The van der Waals surface area contributed by atoms with Gasteiger partial charge in [0.1, 0.15) is 18.0 Å². The van der Waals surface area contributed by atoms with Crippen LogP contribution in [0, 0.1) is 27.3 Å². The molecule has 1 N–H and O–H groups in total. The summed E-state index contributed by atoms with van der Waals surface area (Å²) in [7, 11) is 2.13. The van der Waals surface area contributed by atoms with Gasteiger partial charge < -0.3 is 15.0 Å². The highest BCUT2D eigenvalue weighted by atomic mass is 35.5. The molecular weight excluding hydrogens is 449 g/mol. The number of fused-ring (bicyclic) bond motifs is 1. The van der Waals surface area contributed by atoms with E-state index < -0.39 is 10.7 Å². The number of hydrogen-bond donors (Lipinski definition) is 1. The number of anilines is 2. The maximum Gasteiger partial charge on any atom is 0.311 e. The molecule has 1 saturated carbocycles. The summed E-state index contributed by atoms with van der Waals surface area (Å²) >= 11 is 5.86. The predicted octanol–water partition coefficient (Wildman–Crippen LogP) is 5.18. The third-order valence-corrected chi connectivity index (χ3v) is 7.17. The Bertz CT molecular complexity index is 1230. The Hall–Kier alpha value is -3.04. The van der Waals surface area contributed by atoms with Gasteiger partial charge in [-0.05, 0) is 68.9 Å². The highest BCUT2D eigenvalue weighted by molar-refractivity contribution is 6.31. The molecule has 1 aliphatic heterocycles. The first kappa shape index (κ1) is 21.8. The van der Waals surface area contributed by atoms with Crippen LogP contribution < -0.4 is 10.1 Å². The minimum atomic E-state index is -0.537. The van der Waals surface area contributed by atoms with Crippen molar-refractivity contribution < 1.29 is 14.1 Å². The molecule has 1 unspecified atom stereocenters. The summed E-state index contributed by atoms with van der Waals surface area (Å²) in [5, 5.41) is 15.3. The lowest BCUT2D eigenvalue weighted by atomic mass is 9.91. The minimum Gasteiger partial charge on any atom is -0.486 e. The van der Waals surface area contributed by atoms with E-state index in [1.54, 1.807) is 6.07 Å². The van der Waals surface area contributed by atoms with Gasteiger partial charge in [-0.3, -0.25) is 10.1 Å². The third-order valence-electron chi connectivity index (χ3n) is 6.88. The van der Waals surface area contributed by atoms with Crippen molar-refractivity contribution in [2.45, 2.75) is 19.3 Å². The number of nitrogens with zero attached hydrogens (tertiary/aromatic N) is 4. The number of nitrogens with one attached hydrogen (secondary N) is 1. The van der Waals surface area contributed by atoms with Crippen molar-refractivity contribution in [3.8, 4) is 5.75 Å². The molecule has 1 aromatic heterocycles. The van der Waals surface area contributed by atoms with E-state index in [0.29, 0.717) is 40.3 Å². The Labute approximate surface area is 194 Å². The van der Waals surface area contributed by atoms with Crippen molar-refractivity contribution in [2.75, 3.05) is 32.1 Å². The molecule has 0 bridgehead atoms. The first-order chi connectivity index (χ1) is 15.8. The predicted molar refractivity (Wildman–Crippen MR) is 124 cm³/mol. The Morgan fingerprint density at radius 3 is 2.82 bits per heavy atom. The molecule has 1 aliphatic carbocycles. The van der Waals surface area contributed by atoms with Crippen molar-refractivity contribution in [3.63, 3.8) is 0 Å². The van der Waals surface area contributed by atoms with Crippen LogP contribution in [-0.2, 0) is 0 Å². The van der Waals surface area contributed by atoms with Gasteiger partial charge >= 0.3 is 5.69 Å². The first-order valence-electron chi connectivity index (χ1n) is 10.8. The number of nitro groups is 1. The second kappa shape index (κ2) is 8.39. The van der Waals surface area contributed by atoms with E-state index in [-0.39, 0.29) is 16.5 Å². The highest BCUT2D eigenvalue weighted by Crippen LogP contribution is 2.59. The van der Waals surface area contributed by atoms with E-state index >= 15 is 0 Å². The van der Waals surface area contributed by atoms with Gasteiger partial charge in [-0.1, -0.05) is 11.6 Å². The van der Waals surface area contributed by atoms with Crippen LogP contribution >= 0.6 is 11.6 Å². The van der Waals surface area contributed by atoms with Crippen LogP contribution in [0.4, 0.5) is 21.6 Å². The summed E-state index contributed by atoms with van der Waals surface area (Å²) in [4.78, 5) is 22.2. The van der Waals surface area contributed by atoms with Crippen molar-refractivity contribution in [1.29, 1.82) is 0 Å². The number of nitro benzene ring substituents is 1. The monoisotopic (exact) mass is 471 g/mol. The molecule has 2 fully saturated rings. The van der Waals surface area contributed by atoms with Gasteiger partial charge in [-0.25, -0.2) is 14.4 Å². The largest absolute Gasteiger partial charge is 0.486 e. The molecule has 1 saturated heterocycles. The van der Waals surface area contributed by atoms with Crippen LogP contribution in [0.1, 0.15) is 19.3 Å². The molecule has 2 aliphatic rings. The average Bonchev–Trinajstić information content (AvgIpc) is 3.48. The van der Waals surface area contributed by atoms with Gasteiger partial charge in [0.15, 0.2) is 5.75 Å². The number of hydrogen-bond acceptors (Lipinski definition) is 7. The summed E-state index contributed by atoms with van der Waals surface area (Å²) in [6.45, 7) is 2.62. The Kier molecular flexibility index (Phi) is 5.54. The maximum absolute atomic E-state index is 13.5. The number of benzene rings is 2. The summed E-state index contributed by atoms with van der Waals surface area (Å²) in [6.07, 6.45) is 4.76. The fraction of sp³-hybridized carbons (Fsp3) is 0.391. The number of ether oxygens (including phenoxy) is 1. The van der Waals surface area contributed by atoms with Gasteiger partial charge in [0.25, 0.3) is 0 Å². The van der Waals surface area contributed by atoms with E-state index in [2.05, 4.69) is 27.2 Å². The summed E-state index contributed by atoms with van der Waals surface area (Å²) in [5.41, 5.74) is 1.19. The van der Waals surface area contributed by atoms with Crippen molar-refractivity contribution >= 4 is 39.7 Å². The van der Waals surface area contributed by atoms with Gasteiger partial charge in [0.2, 0.25) is 0 Å². The molecule has 3 aromatic rings. The fourth-order valence-corrected chi connectivity index (χ4v) is 4.86. The number of rotatable bonds is 6. The molecule has 1 spiro atoms. The fourth-order valence-electron chi connectivity index (χ4n) is 4.68. The molecule has 2 aromatic carbocycles. The Morgan fingerprint density at radius 1 is 1.30 bits per heavy atom. The third kappa shape index (κ3) is 4.30. The lowest BCUT2D eigenvalue weighted by Crippen LogP contribution is -2.32. The molecule has 5 rings (SSSR count). The zero-order chi connectivity index (χ0) is 23.2. The Morgan fingerprint density at radius 2 is 2.09 bits per heavy atom. The molecule has 1 atom stereocenters. The number of piperidine rings is 1. The first-order valence-corrected chi connectivity index (χ1v) is 11.2. The molecule has 33 heavy (non-hydrogen) atoms. The lowest BCUT2D eigenvalue weighted by Gasteiger charge is -2.30. The second-order valence-corrected chi connectivity index (χ2v) is 9.36. The van der Waals surface area contributed by atoms with Crippen LogP contribution in [0.3, 0.4) is 0 Å². The smallest absolute Gasteiger partial charge is 0.311 e. The van der Waals surface area contributed by atoms with Crippen LogP contribution in [-0.4, -0.2) is 46.5 Å². The van der Waals surface area contributed by atoms with Crippen LogP contribution in [0.2, 0.25) is 5.02 Å². The number of halogens is 2. The van der Waals surface area contributed by atoms with Crippen LogP contribution in [0.25, 0.3) is 10.9 Å². The molecule has 0 radical (unpaired) electrons. The van der Waals surface area contributed by atoms with Crippen molar-refractivity contribution in [1.82, 2.24) is 14.9 Å². The summed E-state index contributed by atoms with van der Waals surface area (Å²) in [6, 6.07) is 7.16. The van der Waals surface area contributed by atoms with Crippen molar-refractivity contribution in [3.05, 3.63) is 57.6 Å². The second-order valence-electron chi connectivity index (χ2n) is 8.95. The van der Waals surface area contributed by atoms with E-state index in [9.17, 15) is 14.5 Å². The summed E-state index contributed by atoms with van der Waals surface area (Å²) < 4.78 is 19.4. The van der Waals surface area contributed by atoms with Crippen LogP contribution in [0.5, 0.6) is 5.75 Å². The number of aromatic nitrogens is 2. The van der Waals surface area contributed by atoms with Crippen LogP contribution in [0.15, 0.2) is 36.7 Å². The molecule has 2 heterocycles. The number of likely N-dealkylation sites (tertiary alicyclic amines) is 1. The topological polar surface area (TPSA) is 93.4 Å². The SMILES string of the molecule is CN1CCC2(CC1)CC2COc1cc2ncnc(Nc3ccc(F)c(Cl)c3)c2cc1[N+](=O)[O-]. The van der Waals surface area contributed by atoms with Gasteiger partial charge in [0, 0.05) is 17.8 Å². The molecule has 172 valence electrons. The minimum absolute atomic E-state index is 0.0394. The van der Waals surface area contributed by atoms with Crippen molar-refractivity contribution in [2.24, 2.45) is 11.3 Å². The highest BCUT2D eigenvalue weighted by Gasteiger charge is 2.54. The van der Waals surface area contributed by atoms with Gasteiger partial charge in [0.05, 0.1) is 27.5 Å². The Balaban J connectivity index is 1.39. The van der Waals surface area contributed by atoms with E-state index in [1.165, 1.54) is 30.6 Å². The molecule has 8 nitrogen and oxygen atoms in total. The quantitative estimate of drug-likeness (QED) is 0.390. The zero-order valence-corrected chi connectivity index (χ0v) is 18.8. The standard InChI is InChI=1S/C23H23ClFN5O3/c1-29-6-4-23(5-7-29)11-14(23)12-33-21-10-19-16(9-20(21)30(31)32)22(27-13-26-19)28-15-2-3-18(25)17(24)8-15/h2-3,8-10,13-14H,4-7,11-12H2,1H3,(H,26,27,28). The lowest BCUT2D eigenvalue weighted by molar-refractivity contribution is -0.385. The normalized spacial score (nSPS) is 19.5. The maximum atomic E-state index is 13.5. The zero-order valence-electron chi connectivity index (χ0n) is 18.1. The average molecular weight is 472 g/mol. The molecule has 10 heteroatoms. The van der Waals surface area contributed by atoms with E-state index in [4.69, 9.17) is 16.3 Å². The molecule has 0 amide bonds. The van der Waals surface area contributed by atoms with E-state index in [0.717, 1.165) is 32.4 Å².